The molecule has 0 aromatic heterocycles. The van der Waals surface area contributed by atoms with Crippen LogP contribution in [0.15, 0.2) is 54.2 Å². The smallest absolute Gasteiger partial charge is 0.282 e. The Morgan fingerprint density at radius 3 is 2.28 bits per heavy atom. The Bertz CT molecular complexity index is 973. The lowest BCUT2D eigenvalue weighted by atomic mass is 10.0. The van der Waals surface area contributed by atoms with E-state index in [4.69, 9.17) is 4.74 Å². The summed E-state index contributed by atoms with van der Waals surface area (Å²) in [6, 6.07) is 15.2. The largest absolute Gasteiger partial charge is 0.378 e. The van der Waals surface area contributed by atoms with Crippen LogP contribution in [-0.2, 0) is 14.3 Å². The van der Waals surface area contributed by atoms with Gasteiger partial charge >= 0.3 is 0 Å². The van der Waals surface area contributed by atoms with Gasteiger partial charge in [-0.1, -0.05) is 35.9 Å². The molecule has 150 valence electrons. The van der Waals surface area contributed by atoms with Crippen molar-refractivity contribution >= 4 is 28.8 Å². The van der Waals surface area contributed by atoms with Gasteiger partial charge in [0.1, 0.15) is 5.70 Å². The summed E-state index contributed by atoms with van der Waals surface area (Å²) in [5.74, 6) is -0.556. The quantitative estimate of drug-likeness (QED) is 0.750. The molecule has 0 atom stereocenters. The molecule has 6 nitrogen and oxygen atoms in total. The van der Waals surface area contributed by atoms with Crippen molar-refractivity contribution in [3.8, 4) is 0 Å². The summed E-state index contributed by atoms with van der Waals surface area (Å²) in [4.78, 5) is 32.2. The summed E-state index contributed by atoms with van der Waals surface area (Å²) in [7, 11) is 3.86. The molecular formula is C23H25N3O3. The number of benzene rings is 2. The van der Waals surface area contributed by atoms with Gasteiger partial charge in [-0.3, -0.25) is 9.59 Å². The number of carbonyl (C=O) groups excluding carboxylic acids is 2. The molecule has 2 aromatic carbocycles. The van der Waals surface area contributed by atoms with E-state index in [9.17, 15) is 9.59 Å². The van der Waals surface area contributed by atoms with Crippen LogP contribution in [0.4, 0.5) is 11.4 Å². The predicted molar refractivity (Wildman–Crippen MR) is 114 cm³/mol. The average molecular weight is 391 g/mol. The van der Waals surface area contributed by atoms with Gasteiger partial charge in [0.25, 0.3) is 11.8 Å². The van der Waals surface area contributed by atoms with Gasteiger partial charge in [-0.15, -0.1) is 0 Å². The zero-order chi connectivity index (χ0) is 20.5. The molecule has 2 aliphatic rings. The Labute approximate surface area is 171 Å². The molecule has 0 saturated carbocycles. The summed E-state index contributed by atoms with van der Waals surface area (Å²) < 4.78 is 5.45. The van der Waals surface area contributed by atoms with Gasteiger partial charge < -0.3 is 14.5 Å². The van der Waals surface area contributed by atoms with E-state index in [-0.39, 0.29) is 11.8 Å². The number of rotatable bonds is 4. The third-order valence-corrected chi connectivity index (χ3v) is 5.33. The van der Waals surface area contributed by atoms with Crippen molar-refractivity contribution in [1.29, 1.82) is 0 Å². The Morgan fingerprint density at radius 2 is 1.62 bits per heavy atom. The molecule has 2 amide bonds. The van der Waals surface area contributed by atoms with Crippen LogP contribution in [0.3, 0.4) is 0 Å². The SMILES string of the molecule is Cc1ccc(C2=C(N3CCOCC3)C(=O)N(c3cccc(N(C)C)c3)C2=O)cc1. The first kappa shape index (κ1) is 19.2. The number of morpholine rings is 1. The average Bonchev–Trinajstić information content (AvgIpc) is 2.99. The molecule has 2 aliphatic heterocycles. The highest BCUT2D eigenvalue weighted by Gasteiger charge is 2.42. The zero-order valence-corrected chi connectivity index (χ0v) is 17.0. The van der Waals surface area contributed by atoms with Crippen molar-refractivity contribution in [2.45, 2.75) is 6.92 Å². The molecule has 0 aliphatic carbocycles. The Kier molecular flexibility index (Phi) is 5.11. The van der Waals surface area contributed by atoms with E-state index in [0.29, 0.717) is 43.3 Å². The van der Waals surface area contributed by atoms with Crippen molar-refractivity contribution < 1.29 is 14.3 Å². The van der Waals surface area contributed by atoms with Crippen LogP contribution < -0.4 is 9.80 Å². The molecule has 0 unspecified atom stereocenters. The summed E-state index contributed by atoms with van der Waals surface area (Å²) >= 11 is 0. The van der Waals surface area contributed by atoms with Gasteiger partial charge in [0.2, 0.25) is 0 Å². The van der Waals surface area contributed by atoms with E-state index < -0.39 is 0 Å². The van der Waals surface area contributed by atoms with Crippen LogP contribution in [0.1, 0.15) is 11.1 Å². The molecule has 1 saturated heterocycles. The molecule has 4 rings (SSSR count). The number of imide groups is 1. The van der Waals surface area contributed by atoms with Crippen molar-refractivity contribution in [2.75, 3.05) is 50.2 Å². The third-order valence-electron chi connectivity index (χ3n) is 5.33. The molecular weight excluding hydrogens is 366 g/mol. The lowest BCUT2D eigenvalue weighted by molar-refractivity contribution is -0.121. The first-order valence-electron chi connectivity index (χ1n) is 9.77. The fourth-order valence-electron chi connectivity index (χ4n) is 3.72. The monoisotopic (exact) mass is 391 g/mol. The number of nitrogens with zero attached hydrogens (tertiary/aromatic N) is 3. The van der Waals surface area contributed by atoms with Crippen LogP contribution >= 0.6 is 0 Å². The normalized spacial score (nSPS) is 17.3. The topological polar surface area (TPSA) is 53.1 Å². The second-order valence-corrected chi connectivity index (χ2v) is 7.55. The molecule has 1 fully saturated rings. The van der Waals surface area contributed by atoms with E-state index in [1.165, 1.54) is 4.90 Å². The molecule has 0 spiro atoms. The van der Waals surface area contributed by atoms with Crippen LogP contribution in [0.5, 0.6) is 0 Å². The highest BCUT2D eigenvalue weighted by molar-refractivity contribution is 6.45. The maximum Gasteiger partial charge on any atom is 0.282 e. The molecule has 0 N–H and O–H groups in total. The minimum absolute atomic E-state index is 0.275. The first-order chi connectivity index (χ1) is 14.0. The molecule has 2 heterocycles. The van der Waals surface area contributed by atoms with Crippen molar-refractivity contribution in [2.24, 2.45) is 0 Å². The summed E-state index contributed by atoms with van der Waals surface area (Å²) in [5, 5.41) is 0. The Balaban J connectivity index is 1.81. The van der Waals surface area contributed by atoms with Crippen molar-refractivity contribution in [3.63, 3.8) is 0 Å². The summed E-state index contributed by atoms with van der Waals surface area (Å²) in [6.45, 7) is 4.27. The number of anilines is 2. The number of amides is 2. The lowest BCUT2D eigenvalue weighted by Gasteiger charge is -2.29. The maximum atomic E-state index is 13.5. The summed E-state index contributed by atoms with van der Waals surface area (Å²) in [6.07, 6.45) is 0. The number of ether oxygens (including phenoxy) is 1. The van der Waals surface area contributed by atoms with Crippen LogP contribution in [0.25, 0.3) is 5.57 Å². The minimum atomic E-state index is -0.281. The fraction of sp³-hybridized carbons (Fsp3) is 0.304. The van der Waals surface area contributed by atoms with Crippen LogP contribution in [0, 0.1) is 6.92 Å². The molecule has 0 bridgehead atoms. The van der Waals surface area contributed by atoms with Crippen molar-refractivity contribution in [1.82, 2.24) is 4.90 Å². The van der Waals surface area contributed by atoms with Gasteiger partial charge in [-0.05, 0) is 30.7 Å². The third kappa shape index (κ3) is 3.51. The van der Waals surface area contributed by atoms with E-state index >= 15 is 0 Å². The van der Waals surface area contributed by atoms with Crippen molar-refractivity contribution in [3.05, 3.63) is 65.4 Å². The summed E-state index contributed by atoms with van der Waals surface area (Å²) in [5.41, 5.74) is 4.32. The first-order valence-corrected chi connectivity index (χ1v) is 9.77. The van der Waals surface area contributed by atoms with Crippen LogP contribution in [0.2, 0.25) is 0 Å². The van der Waals surface area contributed by atoms with E-state index in [1.807, 2.05) is 73.3 Å². The Hall–Kier alpha value is -3.12. The highest BCUT2D eigenvalue weighted by atomic mass is 16.5. The predicted octanol–water partition coefficient (Wildman–Crippen LogP) is 2.68. The van der Waals surface area contributed by atoms with E-state index in [2.05, 4.69) is 0 Å². The standard InChI is InChI=1S/C23H25N3O3/c1-16-7-9-17(10-8-16)20-21(25-11-13-29-14-12-25)23(28)26(22(20)27)19-6-4-5-18(15-19)24(2)3/h4-10,15H,11-14H2,1-3H3. The fourth-order valence-corrected chi connectivity index (χ4v) is 3.72. The second-order valence-electron chi connectivity index (χ2n) is 7.55. The van der Waals surface area contributed by atoms with E-state index in [1.54, 1.807) is 6.07 Å². The molecule has 0 radical (unpaired) electrons. The number of aryl methyl sites for hydroxylation is 1. The molecule has 6 heteroatoms. The van der Waals surface area contributed by atoms with Crippen LogP contribution in [-0.4, -0.2) is 57.1 Å². The number of hydrogen-bond donors (Lipinski definition) is 0. The zero-order valence-electron chi connectivity index (χ0n) is 17.0. The molecule has 29 heavy (non-hydrogen) atoms. The Morgan fingerprint density at radius 1 is 0.931 bits per heavy atom. The van der Waals surface area contributed by atoms with Gasteiger partial charge in [-0.2, -0.15) is 0 Å². The minimum Gasteiger partial charge on any atom is -0.378 e. The van der Waals surface area contributed by atoms with Gasteiger partial charge in [0, 0.05) is 32.9 Å². The van der Waals surface area contributed by atoms with Gasteiger partial charge in [0.15, 0.2) is 0 Å². The second kappa shape index (κ2) is 7.72. The molecule has 2 aromatic rings. The number of carbonyl (C=O) groups is 2. The highest BCUT2D eigenvalue weighted by Crippen LogP contribution is 2.36. The maximum absolute atomic E-state index is 13.5. The number of hydrogen-bond acceptors (Lipinski definition) is 5. The van der Waals surface area contributed by atoms with E-state index in [0.717, 1.165) is 16.8 Å². The lowest BCUT2D eigenvalue weighted by Crippen LogP contribution is -2.40. The van der Waals surface area contributed by atoms with Gasteiger partial charge in [-0.25, -0.2) is 4.90 Å². The van der Waals surface area contributed by atoms with Gasteiger partial charge in [0.05, 0.1) is 24.5 Å².